The predicted octanol–water partition coefficient (Wildman–Crippen LogP) is 1.49. The fourth-order valence-electron chi connectivity index (χ4n) is 0.911. The number of aryl methyl sites for hydroxylation is 1. The Bertz CT molecular complexity index is 251. The molecule has 0 saturated heterocycles. The first-order valence-electron chi connectivity index (χ1n) is 4.57. The van der Waals surface area contributed by atoms with Gasteiger partial charge in [0.25, 0.3) is 0 Å². The van der Waals surface area contributed by atoms with E-state index in [4.69, 9.17) is 9.84 Å². The Morgan fingerprint density at radius 1 is 1.43 bits per heavy atom. The summed E-state index contributed by atoms with van der Waals surface area (Å²) in [5.41, 5.74) is 1.17. The molecule has 0 aromatic carbocycles. The number of thioether (sulfide) groups is 1. The van der Waals surface area contributed by atoms with Crippen molar-refractivity contribution in [2.24, 2.45) is 0 Å². The van der Waals surface area contributed by atoms with Crippen molar-refractivity contribution in [1.29, 1.82) is 0 Å². The summed E-state index contributed by atoms with van der Waals surface area (Å²) in [4.78, 5) is 4.25. The first-order chi connectivity index (χ1) is 6.83. The number of aromatic nitrogens is 1. The maximum absolute atomic E-state index is 8.47. The van der Waals surface area contributed by atoms with E-state index in [1.54, 1.807) is 11.8 Å². The Kier molecular flexibility index (Phi) is 5.59. The van der Waals surface area contributed by atoms with Gasteiger partial charge in [0.15, 0.2) is 0 Å². The summed E-state index contributed by atoms with van der Waals surface area (Å²) in [7, 11) is 0. The minimum absolute atomic E-state index is 0.0907. The second-order valence-corrected chi connectivity index (χ2v) is 3.97. The van der Waals surface area contributed by atoms with Crippen molar-refractivity contribution in [2.75, 3.05) is 25.6 Å². The number of ether oxygens (including phenoxy) is 1. The smallest absolute Gasteiger partial charge is 0.0960 e. The first-order valence-corrected chi connectivity index (χ1v) is 5.55. The predicted molar refractivity (Wildman–Crippen MR) is 57.6 cm³/mol. The zero-order valence-corrected chi connectivity index (χ0v) is 9.09. The van der Waals surface area contributed by atoms with Gasteiger partial charge in [-0.05, 0) is 18.6 Å². The van der Waals surface area contributed by atoms with E-state index < -0.39 is 0 Å². The van der Waals surface area contributed by atoms with Gasteiger partial charge in [-0.1, -0.05) is 6.07 Å². The fraction of sp³-hybridized carbons (Fsp3) is 0.500. The number of hydrogen-bond acceptors (Lipinski definition) is 4. The molecule has 1 rings (SSSR count). The van der Waals surface area contributed by atoms with Crippen LogP contribution in [0.1, 0.15) is 5.56 Å². The molecule has 0 amide bonds. The molecule has 0 saturated carbocycles. The second kappa shape index (κ2) is 6.81. The van der Waals surface area contributed by atoms with Crippen molar-refractivity contribution in [1.82, 2.24) is 4.98 Å². The Morgan fingerprint density at radius 2 is 2.29 bits per heavy atom. The topological polar surface area (TPSA) is 42.4 Å². The highest BCUT2D eigenvalue weighted by molar-refractivity contribution is 7.99. The highest BCUT2D eigenvalue weighted by Gasteiger charge is 1.94. The largest absolute Gasteiger partial charge is 0.394 e. The zero-order chi connectivity index (χ0) is 10.2. The average molecular weight is 213 g/mol. The Morgan fingerprint density at radius 3 is 2.93 bits per heavy atom. The number of rotatable bonds is 6. The Balaban J connectivity index is 2.15. The lowest BCUT2D eigenvalue weighted by atomic mass is 10.3. The first kappa shape index (κ1) is 11.5. The quantitative estimate of drug-likeness (QED) is 0.574. The van der Waals surface area contributed by atoms with Crippen LogP contribution < -0.4 is 0 Å². The van der Waals surface area contributed by atoms with Crippen molar-refractivity contribution >= 4 is 11.8 Å². The number of pyridine rings is 1. The van der Waals surface area contributed by atoms with Crippen molar-refractivity contribution in [3.05, 3.63) is 23.9 Å². The summed E-state index contributed by atoms with van der Waals surface area (Å²) in [6.07, 6.45) is 1.86. The monoisotopic (exact) mass is 213 g/mol. The van der Waals surface area contributed by atoms with Gasteiger partial charge < -0.3 is 9.84 Å². The molecule has 0 bridgehead atoms. The number of aliphatic hydroxyl groups is 1. The van der Waals surface area contributed by atoms with Gasteiger partial charge in [-0.3, -0.25) is 0 Å². The summed E-state index contributed by atoms with van der Waals surface area (Å²) < 4.78 is 5.13. The molecule has 0 aliphatic heterocycles. The molecule has 0 unspecified atom stereocenters. The Hall–Kier alpha value is -0.580. The maximum Gasteiger partial charge on any atom is 0.0960 e. The maximum atomic E-state index is 8.47. The zero-order valence-electron chi connectivity index (χ0n) is 8.27. The lowest BCUT2D eigenvalue weighted by Crippen LogP contribution is -2.02. The van der Waals surface area contributed by atoms with Gasteiger partial charge in [-0.15, -0.1) is 11.8 Å². The van der Waals surface area contributed by atoms with Crippen LogP contribution in [0, 0.1) is 6.92 Å². The van der Waals surface area contributed by atoms with Gasteiger partial charge in [-0.2, -0.15) is 0 Å². The highest BCUT2D eigenvalue weighted by atomic mass is 32.2. The summed E-state index contributed by atoms with van der Waals surface area (Å²) in [6, 6.07) is 4.05. The van der Waals surface area contributed by atoms with Crippen LogP contribution in [-0.4, -0.2) is 35.7 Å². The number of nitrogens with zero attached hydrogens (tertiary/aromatic N) is 1. The van der Waals surface area contributed by atoms with Crippen LogP contribution in [0.5, 0.6) is 0 Å². The summed E-state index contributed by atoms with van der Waals surface area (Å²) in [6.45, 7) is 3.18. The molecular formula is C10H15NO2S. The van der Waals surface area contributed by atoms with Crippen LogP contribution in [0.4, 0.5) is 0 Å². The number of aliphatic hydroxyl groups excluding tert-OH is 1. The van der Waals surface area contributed by atoms with E-state index in [0.29, 0.717) is 13.2 Å². The van der Waals surface area contributed by atoms with Gasteiger partial charge in [0, 0.05) is 11.9 Å². The molecule has 1 aromatic heterocycles. The van der Waals surface area contributed by atoms with Crippen molar-refractivity contribution in [3.8, 4) is 0 Å². The molecule has 0 fully saturated rings. The standard InChI is InChI=1S/C10H15NO2S/c1-9-2-3-10(11-8-9)14-7-6-13-5-4-12/h2-3,8,12H,4-7H2,1H3. The minimum Gasteiger partial charge on any atom is -0.394 e. The molecule has 1 N–H and O–H groups in total. The lowest BCUT2D eigenvalue weighted by Gasteiger charge is -2.02. The molecule has 0 spiro atoms. The van der Waals surface area contributed by atoms with Crippen molar-refractivity contribution in [3.63, 3.8) is 0 Å². The van der Waals surface area contributed by atoms with Crippen LogP contribution in [0.25, 0.3) is 0 Å². The summed E-state index contributed by atoms with van der Waals surface area (Å²) >= 11 is 1.66. The van der Waals surface area contributed by atoms with E-state index in [2.05, 4.69) is 4.98 Å². The molecule has 0 aliphatic rings. The summed E-state index contributed by atoms with van der Waals surface area (Å²) in [5, 5.41) is 9.49. The Labute approximate surface area is 88.5 Å². The number of hydrogen-bond donors (Lipinski definition) is 1. The minimum atomic E-state index is 0.0907. The summed E-state index contributed by atoms with van der Waals surface area (Å²) in [5.74, 6) is 0.871. The van der Waals surface area contributed by atoms with E-state index in [-0.39, 0.29) is 6.61 Å². The molecule has 0 atom stereocenters. The van der Waals surface area contributed by atoms with E-state index >= 15 is 0 Å². The van der Waals surface area contributed by atoms with Crippen LogP contribution in [0.2, 0.25) is 0 Å². The van der Waals surface area contributed by atoms with Crippen LogP contribution in [0.3, 0.4) is 0 Å². The van der Waals surface area contributed by atoms with Crippen LogP contribution in [-0.2, 0) is 4.74 Å². The SMILES string of the molecule is Cc1ccc(SCCOCCO)nc1. The molecular weight excluding hydrogens is 198 g/mol. The molecule has 78 valence electrons. The molecule has 3 nitrogen and oxygen atoms in total. The molecule has 0 aliphatic carbocycles. The second-order valence-electron chi connectivity index (χ2n) is 2.86. The highest BCUT2D eigenvalue weighted by Crippen LogP contribution is 2.14. The normalized spacial score (nSPS) is 10.4. The van der Waals surface area contributed by atoms with E-state index in [0.717, 1.165) is 10.8 Å². The van der Waals surface area contributed by atoms with Crippen molar-refractivity contribution in [2.45, 2.75) is 11.9 Å². The fourth-order valence-corrected chi connectivity index (χ4v) is 1.61. The molecule has 1 heterocycles. The van der Waals surface area contributed by atoms with Crippen LogP contribution in [0.15, 0.2) is 23.4 Å². The van der Waals surface area contributed by atoms with Gasteiger partial charge in [0.2, 0.25) is 0 Å². The lowest BCUT2D eigenvalue weighted by molar-refractivity contribution is 0.103. The molecule has 1 aromatic rings. The third kappa shape index (κ3) is 4.60. The molecule has 4 heteroatoms. The van der Waals surface area contributed by atoms with Gasteiger partial charge >= 0.3 is 0 Å². The molecule has 0 radical (unpaired) electrons. The van der Waals surface area contributed by atoms with Gasteiger partial charge in [0.05, 0.1) is 24.8 Å². The van der Waals surface area contributed by atoms with E-state index in [9.17, 15) is 0 Å². The third-order valence-corrected chi connectivity index (χ3v) is 2.51. The van der Waals surface area contributed by atoms with Crippen molar-refractivity contribution < 1.29 is 9.84 Å². The van der Waals surface area contributed by atoms with Gasteiger partial charge in [-0.25, -0.2) is 4.98 Å². The molecule has 14 heavy (non-hydrogen) atoms. The third-order valence-electron chi connectivity index (χ3n) is 1.60. The van der Waals surface area contributed by atoms with E-state index in [1.165, 1.54) is 5.56 Å². The van der Waals surface area contributed by atoms with Crippen LogP contribution >= 0.6 is 11.8 Å². The average Bonchev–Trinajstić information content (AvgIpc) is 2.21. The van der Waals surface area contributed by atoms with E-state index in [1.807, 2.05) is 25.3 Å². The van der Waals surface area contributed by atoms with Gasteiger partial charge in [0.1, 0.15) is 0 Å².